The van der Waals surface area contributed by atoms with Crippen molar-refractivity contribution in [2.45, 2.75) is 72.0 Å². The van der Waals surface area contributed by atoms with Gasteiger partial charge in [-0.3, -0.25) is 4.79 Å². The van der Waals surface area contributed by atoms with Crippen LogP contribution in [0.15, 0.2) is 35.6 Å². The van der Waals surface area contributed by atoms with Crippen molar-refractivity contribution >= 4 is 12.0 Å². The molecule has 0 aromatic rings. The van der Waals surface area contributed by atoms with Crippen LogP contribution in [0.4, 0.5) is 4.79 Å². The van der Waals surface area contributed by atoms with Gasteiger partial charge in [0.2, 0.25) is 0 Å². The topological polar surface area (TPSA) is 79.9 Å². The lowest BCUT2D eigenvalue weighted by molar-refractivity contribution is -0.117. The van der Waals surface area contributed by atoms with E-state index in [0.717, 1.165) is 19.3 Å². The number of hydrogen-bond donors (Lipinski definition) is 2. The number of carbonyl (C=O) groups excluding carboxylic acids is 2. The summed E-state index contributed by atoms with van der Waals surface area (Å²) in [7, 11) is 1.58. The zero-order valence-electron chi connectivity index (χ0n) is 19.4. The van der Waals surface area contributed by atoms with E-state index in [-0.39, 0.29) is 24.1 Å². The first kappa shape index (κ1) is 25.8. The molecule has 7 heteroatoms. The lowest BCUT2D eigenvalue weighted by atomic mass is 9.91. The van der Waals surface area contributed by atoms with Gasteiger partial charge in [0.15, 0.2) is 0 Å². The number of rotatable bonds is 10. The molecule has 1 aliphatic rings. The molecule has 0 aromatic heterocycles. The van der Waals surface area contributed by atoms with Gasteiger partial charge in [-0.25, -0.2) is 4.79 Å². The summed E-state index contributed by atoms with van der Waals surface area (Å²) >= 11 is 0. The standard InChI is InChI=1S/C23H39N3O4/c1-7-11-18(15-21(9-3)29-6)22(27)25-13-12-24-19-14-17(5)26(20(8-2)16-19)23(28)30-10-4/h7,9,11,15,17,19-20,24H,8,10,12-14,16H2,1-6H3,(H,25,27)/b11-7-,18-15+,21-9+. The fourth-order valence-corrected chi connectivity index (χ4v) is 3.82. The summed E-state index contributed by atoms with van der Waals surface area (Å²) in [5, 5.41) is 6.48. The highest BCUT2D eigenvalue weighted by Gasteiger charge is 2.36. The van der Waals surface area contributed by atoms with Gasteiger partial charge in [-0.15, -0.1) is 0 Å². The molecular weight excluding hydrogens is 382 g/mol. The van der Waals surface area contributed by atoms with Crippen molar-refractivity contribution in [2.24, 2.45) is 0 Å². The second-order valence-corrected chi connectivity index (χ2v) is 7.39. The number of likely N-dealkylation sites (tertiary alicyclic amines) is 1. The Morgan fingerprint density at radius 1 is 1.17 bits per heavy atom. The maximum Gasteiger partial charge on any atom is 0.410 e. The van der Waals surface area contributed by atoms with E-state index in [1.165, 1.54) is 0 Å². The van der Waals surface area contributed by atoms with Crippen molar-refractivity contribution < 1.29 is 19.1 Å². The van der Waals surface area contributed by atoms with E-state index in [9.17, 15) is 9.59 Å². The number of piperidine rings is 1. The number of nitrogens with one attached hydrogen (secondary N) is 2. The van der Waals surface area contributed by atoms with Crippen LogP contribution in [0.2, 0.25) is 0 Å². The van der Waals surface area contributed by atoms with Gasteiger partial charge in [0.1, 0.15) is 5.76 Å². The predicted molar refractivity (Wildman–Crippen MR) is 120 cm³/mol. The van der Waals surface area contributed by atoms with Crippen LogP contribution in [0.3, 0.4) is 0 Å². The summed E-state index contributed by atoms with van der Waals surface area (Å²) in [6.45, 7) is 11.3. The second kappa shape index (κ2) is 13.9. The quantitative estimate of drug-likeness (QED) is 0.244. The van der Waals surface area contributed by atoms with Crippen LogP contribution in [0.25, 0.3) is 0 Å². The van der Waals surface area contributed by atoms with Gasteiger partial charge in [0.25, 0.3) is 5.91 Å². The molecule has 3 unspecified atom stereocenters. The summed E-state index contributed by atoms with van der Waals surface area (Å²) in [4.78, 5) is 26.6. The Morgan fingerprint density at radius 2 is 1.90 bits per heavy atom. The van der Waals surface area contributed by atoms with E-state index >= 15 is 0 Å². The molecule has 30 heavy (non-hydrogen) atoms. The molecule has 1 fully saturated rings. The third kappa shape index (κ3) is 7.86. The van der Waals surface area contributed by atoms with Crippen molar-refractivity contribution in [3.8, 4) is 0 Å². The number of hydrogen-bond acceptors (Lipinski definition) is 5. The highest BCUT2D eigenvalue weighted by Crippen LogP contribution is 2.26. The molecule has 1 aliphatic heterocycles. The molecule has 3 atom stereocenters. The summed E-state index contributed by atoms with van der Waals surface area (Å²) in [5.41, 5.74) is 0.551. The van der Waals surface area contributed by atoms with Gasteiger partial charge < -0.3 is 25.0 Å². The Labute approximate surface area is 181 Å². The van der Waals surface area contributed by atoms with Gasteiger partial charge >= 0.3 is 6.09 Å². The van der Waals surface area contributed by atoms with Crippen molar-refractivity contribution in [1.82, 2.24) is 15.5 Å². The Bertz CT molecular complexity index is 642. The zero-order chi connectivity index (χ0) is 22.5. The SMILES string of the molecule is C\C=C/C(=C\C(=C/C)OC)C(=O)NCCNC1CC(C)N(C(=O)OCC)C(CC)C1. The summed E-state index contributed by atoms with van der Waals surface area (Å²) in [6, 6.07) is 0.589. The van der Waals surface area contributed by atoms with E-state index in [4.69, 9.17) is 9.47 Å². The number of nitrogens with zero attached hydrogens (tertiary/aromatic N) is 1. The van der Waals surface area contributed by atoms with Crippen LogP contribution in [0.1, 0.15) is 53.9 Å². The molecule has 0 radical (unpaired) electrons. The lowest BCUT2D eigenvalue weighted by Crippen LogP contribution is -2.55. The van der Waals surface area contributed by atoms with E-state index in [1.807, 2.05) is 37.8 Å². The number of allylic oxidation sites excluding steroid dienone is 3. The second-order valence-electron chi connectivity index (χ2n) is 7.39. The minimum absolute atomic E-state index is 0.118. The monoisotopic (exact) mass is 421 g/mol. The highest BCUT2D eigenvalue weighted by molar-refractivity contribution is 5.96. The van der Waals surface area contributed by atoms with Crippen LogP contribution in [0.5, 0.6) is 0 Å². The molecule has 170 valence electrons. The summed E-state index contributed by atoms with van der Waals surface area (Å²) in [5.74, 6) is 0.507. The van der Waals surface area contributed by atoms with Gasteiger partial charge in [0, 0.05) is 36.8 Å². The predicted octanol–water partition coefficient (Wildman–Crippen LogP) is 3.53. The molecule has 1 heterocycles. The Balaban J connectivity index is 2.55. The Hall–Kier alpha value is -2.28. The number of carbonyl (C=O) groups is 2. The normalized spacial score (nSPS) is 22.9. The first-order chi connectivity index (χ1) is 14.4. The highest BCUT2D eigenvalue weighted by atomic mass is 16.6. The van der Waals surface area contributed by atoms with Gasteiger partial charge in [0.05, 0.1) is 13.7 Å². The first-order valence-electron chi connectivity index (χ1n) is 10.9. The molecule has 7 nitrogen and oxygen atoms in total. The molecular formula is C23H39N3O4. The summed E-state index contributed by atoms with van der Waals surface area (Å²) in [6.07, 6.45) is 9.56. The van der Waals surface area contributed by atoms with Crippen LogP contribution in [-0.2, 0) is 14.3 Å². The molecule has 2 N–H and O–H groups in total. The fraction of sp³-hybridized carbons (Fsp3) is 0.652. The maximum absolute atomic E-state index is 12.5. The minimum atomic E-state index is -0.220. The van der Waals surface area contributed by atoms with Crippen molar-refractivity contribution in [2.75, 3.05) is 26.8 Å². The Morgan fingerprint density at radius 3 is 2.47 bits per heavy atom. The molecule has 1 rings (SSSR count). The zero-order valence-corrected chi connectivity index (χ0v) is 19.4. The van der Waals surface area contributed by atoms with Gasteiger partial charge in [-0.05, 0) is 59.1 Å². The number of ether oxygens (including phenoxy) is 2. The van der Waals surface area contributed by atoms with E-state index in [2.05, 4.69) is 24.5 Å². The van der Waals surface area contributed by atoms with E-state index < -0.39 is 0 Å². The first-order valence-corrected chi connectivity index (χ1v) is 10.9. The molecule has 0 spiro atoms. The number of methoxy groups -OCH3 is 1. The molecule has 0 saturated carbocycles. The third-order valence-corrected chi connectivity index (χ3v) is 5.27. The Kier molecular flexibility index (Phi) is 11.9. The van der Waals surface area contributed by atoms with E-state index in [0.29, 0.717) is 37.1 Å². The van der Waals surface area contributed by atoms with Crippen LogP contribution < -0.4 is 10.6 Å². The smallest absolute Gasteiger partial charge is 0.410 e. The molecule has 0 aromatic carbocycles. The van der Waals surface area contributed by atoms with Crippen molar-refractivity contribution in [1.29, 1.82) is 0 Å². The molecule has 0 aliphatic carbocycles. The van der Waals surface area contributed by atoms with Gasteiger partial charge in [-0.1, -0.05) is 19.1 Å². The molecule has 2 amide bonds. The summed E-state index contributed by atoms with van der Waals surface area (Å²) < 4.78 is 10.4. The fourth-order valence-electron chi connectivity index (χ4n) is 3.82. The van der Waals surface area contributed by atoms with Crippen LogP contribution >= 0.6 is 0 Å². The van der Waals surface area contributed by atoms with Crippen LogP contribution in [0, 0.1) is 0 Å². The van der Waals surface area contributed by atoms with Crippen molar-refractivity contribution in [3.63, 3.8) is 0 Å². The van der Waals surface area contributed by atoms with Gasteiger partial charge in [-0.2, -0.15) is 0 Å². The van der Waals surface area contributed by atoms with E-state index in [1.54, 1.807) is 19.3 Å². The molecule has 0 bridgehead atoms. The van der Waals surface area contributed by atoms with Crippen LogP contribution in [-0.4, -0.2) is 61.8 Å². The largest absolute Gasteiger partial charge is 0.497 e. The minimum Gasteiger partial charge on any atom is -0.497 e. The average Bonchev–Trinajstić information content (AvgIpc) is 2.73. The van der Waals surface area contributed by atoms with Crippen molar-refractivity contribution in [3.05, 3.63) is 35.6 Å². The maximum atomic E-state index is 12.5. The molecule has 1 saturated heterocycles. The lowest BCUT2D eigenvalue weighted by Gasteiger charge is -2.43. The average molecular weight is 422 g/mol. The third-order valence-electron chi connectivity index (χ3n) is 5.27. The number of amides is 2.